The largest absolute Gasteiger partial charge is 0.469 e. The Bertz CT molecular complexity index is 652. The third-order valence-electron chi connectivity index (χ3n) is 2.49. The van der Waals surface area contributed by atoms with Crippen LogP contribution in [0.3, 0.4) is 0 Å². The van der Waals surface area contributed by atoms with Gasteiger partial charge < -0.3 is 15.5 Å². The van der Waals surface area contributed by atoms with Gasteiger partial charge in [0.2, 0.25) is 0 Å². The fourth-order valence-electron chi connectivity index (χ4n) is 1.53. The van der Waals surface area contributed by atoms with Gasteiger partial charge >= 0.3 is 0 Å². The summed E-state index contributed by atoms with van der Waals surface area (Å²) >= 11 is 8.26. The molecule has 0 atom stereocenters. The molecule has 1 aromatic heterocycles. The van der Waals surface area contributed by atoms with E-state index in [0.717, 1.165) is 5.56 Å². The number of anilines is 1. The Morgan fingerprint density at radius 2 is 2.11 bits per heavy atom. The topological polar surface area (TPSA) is 68.3 Å². The molecule has 0 saturated heterocycles. The molecule has 1 aromatic carbocycles. The number of carbonyl (C=O) groups is 1. The number of thiocarbonyl (C=S) groups is 1. The van der Waals surface area contributed by atoms with Crippen LogP contribution >= 0.6 is 28.1 Å². The van der Waals surface area contributed by atoms with Crippen molar-refractivity contribution in [3.05, 3.63) is 51.9 Å². The average Bonchev–Trinajstić information content (AvgIpc) is 2.78. The summed E-state index contributed by atoms with van der Waals surface area (Å²) in [4.78, 5) is 12.3. The smallest absolute Gasteiger partial charge is 0.258 e. The minimum atomic E-state index is -0.236. The van der Waals surface area contributed by atoms with Gasteiger partial charge in [-0.05, 0) is 47.1 Å². The van der Waals surface area contributed by atoms with Gasteiger partial charge in [0, 0.05) is 10.0 Å². The Hall–Kier alpha value is -1.66. The lowest BCUT2D eigenvalue weighted by Crippen LogP contribution is -2.13. The summed E-state index contributed by atoms with van der Waals surface area (Å²) in [6, 6.07) is 6.93. The Balaban J connectivity index is 2.20. The van der Waals surface area contributed by atoms with E-state index in [4.69, 9.17) is 22.4 Å². The molecule has 2 rings (SSSR count). The van der Waals surface area contributed by atoms with E-state index in [9.17, 15) is 4.79 Å². The van der Waals surface area contributed by atoms with E-state index in [0.29, 0.717) is 26.5 Å². The summed E-state index contributed by atoms with van der Waals surface area (Å²) in [5, 5.41) is 2.78. The van der Waals surface area contributed by atoms with E-state index in [1.807, 2.05) is 0 Å². The van der Waals surface area contributed by atoms with Gasteiger partial charge in [0.15, 0.2) is 0 Å². The van der Waals surface area contributed by atoms with Crippen LogP contribution in [0.5, 0.6) is 0 Å². The fraction of sp³-hybridized carbons (Fsp3) is 0.0769. The van der Waals surface area contributed by atoms with Gasteiger partial charge in [-0.3, -0.25) is 4.79 Å². The van der Waals surface area contributed by atoms with Crippen LogP contribution in [0.25, 0.3) is 0 Å². The van der Waals surface area contributed by atoms with Crippen molar-refractivity contribution in [2.45, 2.75) is 6.92 Å². The molecule has 0 aliphatic rings. The molecule has 1 heterocycles. The summed E-state index contributed by atoms with van der Waals surface area (Å²) < 4.78 is 5.81. The molecule has 0 unspecified atom stereocenters. The molecule has 6 heteroatoms. The lowest BCUT2D eigenvalue weighted by atomic mass is 10.2. The van der Waals surface area contributed by atoms with Gasteiger partial charge in [0.1, 0.15) is 17.0 Å². The normalized spacial score (nSPS) is 10.2. The van der Waals surface area contributed by atoms with Gasteiger partial charge in [0.05, 0.1) is 11.3 Å². The molecule has 0 radical (unpaired) electrons. The van der Waals surface area contributed by atoms with Gasteiger partial charge in [-0.2, -0.15) is 0 Å². The molecule has 0 fully saturated rings. The van der Waals surface area contributed by atoms with E-state index in [1.165, 1.54) is 6.26 Å². The zero-order valence-corrected chi connectivity index (χ0v) is 12.5. The van der Waals surface area contributed by atoms with E-state index in [1.54, 1.807) is 31.2 Å². The number of halogens is 1. The quantitative estimate of drug-likeness (QED) is 0.843. The Morgan fingerprint density at radius 3 is 2.63 bits per heavy atom. The van der Waals surface area contributed by atoms with Crippen LogP contribution < -0.4 is 11.1 Å². The van der Waals surface area contributed by atoms with Gasteiger partial charge in [0.25, 0.3) is 5.91 Å². The number of furan rings is 1. The second-order valence-electron chi connectivity index (χ2n) is 3.96. The zero-order chi connectivity index (χ0) is 14.0. The summed E-state index contributed by atoms with van der Waals surface area (Å²) in [6.45, 7) is 1.78. The average molecular weight is 339 g/mol. The predicted octanol–water partition coefficient (Wildman–Crippen LogP) is 3.24. The molecule has 98 valence electrons. The number of rotatable bonds is 3. The van der Waals surface area contributed by atoms with E-state index < -0.39 is 0 Å². The van der Waals surface area contributed by atoms with Crippen LogP contribution in [-0.2, 0) is 0 Å². The molecule has 0 aliphatic carbocycles. The van der Waals surface area contributed by atoms with Crippen LogP contribution in [0.1, 0.15) is 21.7 Å². The number of hydrogen-bond acceptors (Lipinski definition) is 3. The first kappa shape index (κ1) is 13.8. The van der Waals surface area contributed by atoms with E-state index in [-0.39, 0.29) is 5.91 Å². The molecule has 0 saturated carbocycles. The second kappa shape index (κ2) is 5.54. The number of hydrogen-bond donors (Lipinski definition) is 2. The maximum Gasteiger partial charge on any atom is 0.258 e. The molecule has 1 amide bonds. The molecule has 2 aromatic rings. The Kier molecular flexibility index (Phi) is 4.01. The first-order chi connectivity index (χ1) is 8.97. The summed E-state index contributed by atoms with van der Waals surface area (Å²) in [5.41, 5.74) is 7.39. The molecule has 3 N–H and O–H groups in total. The SMILES string of the molecule is Cc1cc(C(=O)Nc2ccc(C(N)=S)cc2Br)co1. The Morgan fingerprint density at radius 1 is 1.37 bits per heavy atom. The maximum atomic E-state index is 12.0. The number of nitrogens with two attached hydrogens (primary N) is 1. The second-order valence-corrected chi connectivity index (χ2v) is 5.25. The molecule has 0 bridgehead atoms. The predicted molar refractivity (Wildman–Crippen MR) is 81.4 cm³/mol. The fourth-order valence-corrected chi connectivity index (χ4v) is 2.13. The highest BCUT2D eigenvalue weighted by Gasteiger charge is 2.11. The van der Waals surface area contributed by atoms with Crippen LogP contribution in [0.15, 0.2) is 39.4 Å². The Labute approximate surface area is 124 Å². The standard InChI is InChI=1S/C13H11BrN2O2S/c1-7-4-9(6-18-7)13(17)16-11-3-2-8(12(15)19)5-10(11)14/h2-6H,1H3,(H2,15,19)(H,16,17). The molecule has 19 heavy (non-hydrogen) atoms. The highest BCUT2D eigenvalue weighted by atomic mass is 79.9. The van der Waals surface area contributed by atoms with Crippen molar-refractivity contribution in [1.82, 2.24) is 0 Å². The zero-order valence-electron chi connectivity index (χ0n) is 10.1. The third kappa shape index (κ3) is 3.21. The molecule has 0 spiro atoms. The van der Waals surface area contributed by atoms with Crippen LogP contribution in [0, 0.1) is 6.92 Å². The number of carbonyl (C=O) groups excluding carboxylic acids is 1. The van der Waals surface area contributed by atoms with Crippen LogP contribution in [-0.4, -0.2) is 10.9 Å². The van der Waals surface area contributed by atoms with E-state index >= 15 is 0 Å². The van der Waals surface area contributed by atoms with Crippen LogP contribution in [0.2, 0.25) is 0 Å². The number of amides is 1. The first-order valence-corrected chi connectivity index (χ1v) is 6.63. The minimum Gasteiger partial charge on any atom is -0.469 e. The number of nitrogens with one attached hydrogen (secondary N) is 1. The highest BCUT2D eigenvalue weighted by molar-refractivity contribution is 9.10. The molecular weight excluding hydrogens is 328 g/mol. The van der Waals surface area contributed by atoms with Crippen molar-refractivity contribution < 1.29 is 9.21 Å². The summed E-state index contributed by atoms with van der Waals surface area (Å²) in [6.07, 6.45) is 1.42. The number of aryl methyl sites for hydroxylation is 1. The van der Waals surface area contributed by atoms with Gasteiger partial charge in [-0.25, -0.2) is 0 Å². The van der Waals surface area contributed by atoms with Gasteiger partial charge in [-0.15, -0.1) is 0 Å². The van der Waals surface area contributed by atoms with E-state index in [2.05, 4.69) is 21.2 Å². The molecule has 0 aliphatic heterocycles. The molecular formula is C13H11BrN2O2S. The maximum absolute atomic E-state index is 12.0. The van der Waals surface area contributed by atoms with Crippen molar-refractivity contribution in [3.8, 4) is 0 Å². The summed E-state index contributed by atoms with van der Waals surface area (Å²) in [5.74, 6) is 0.452. The lowest BCUT2D eigenvalue weighted by Gasteiger charge is -2.07. The number of benzene rings is 1. The van der Waals surface area contributed by atoms with Crippen molar-refractivity contribution in [3.63, 3.8) is 0 Å². The monoisotopic (exact) mass is 338 g/mol. The third-order valence-corrected chi connectivity index (χ3v) is 3.39. The van der Waals surface area contributed by atoms with Crippen molar-refractivity contribution in [1.29, 1.82) is 0 Å². The van der Waals surface area contributed by atoms with Crippen LogP contribution in [0.4, 0.5) is 5.69 Å². The highest BCUT2D eigenvalue weighted by Crippen LogP contribution is 2.24. The van der Waals surface area contributed by atoms with Crippen molar-refractivity contribution >= 4 is 44.7 Å². The van der Waals surface area contributed by atoms with Crippen molar-refractivity contribution in [2.24, 2.45) is 5.73 Å². The first-order valence-electron chi connectivity index (χ1n) is 5.43. The minimum absolute atomic E-state index is 0.236. The lowest BCUT2D eigenvalue weighted by molar-refractivity contribution is 0.102. The van der Waals surface area contributed by atoms with Gasteiger partial charge in [-0.1, -0.05) is 12.2 Å². The summed E-state index contributed by atoms with van der Waals surface area (Å²) in [7, 11) is 0. The molecule has 4 nitrogen and oxygen atoms in total. The van der Waals surface area contributed by atoms with Crippen molar-refractivity contribution in [2.75, 3.05) is 5.32 Å².